The van der Waals surface area contributed by atoms with Crippen LogP contribution in [-0.4, -0.2) is 29.9 Å². The summed E-state index contributed by atoms with van der Waals surface area (Å²) in [7, 11) is 0. The van der Waals surface area contributed by atoms with Crippen LogP contribution >= 0.6 is 0 Å². The van der Waals surface area contributed by atoms with Crippen LogP contribution < -0.4 is 5.73 Å². The fourth-order valence-electron chi connectivity index (χ4n) is 3.04. The molecule has 1 aliphatic rings. The number of carbonyl (C=O) groups is 1. The lowest BCUT2D eigenvalue weighted by molar-refractivity contribution is 0.0689. The third kappa shape index (κ3) is 3.17. The van der Waals surface area contributed by atoms with Crippen LogP contribution in [0.3, 0.4) is 0 Å². The standard InChI is InChI=1S/C18H19FN2O/c19-16-8-6-13(7-9-16)15-10-17(20)12-21(11-15)18(22)14-4-2-1-3-5-14/h1-9,15,17H,10-12,20H2. The molecule has 1 saturated heterocycles. The van der Waals surface area contributed by atoms with Gasteiger partial charge in [-0.05, 0) is 36.2 Å². The molecule has 2 aromatic rings. The molecule has 2 atom stereocenters. The molecular formula is C18H19FN2O. The Labute approximate surface area is 129 Å². The van der Waals surface area contributed by atoms with Crippen molar-refractivity contribution in [1.82, 2.24) is 4.90 Å². The van der Waals surface area contributed by atoms with E-state index in [4.69, 9.17) is 5.73 Å². The van der Waals surface area contributed by atoms with Gasteiger partial charge in [-0.3, -0.25) is 4.79 Å². The zero-order chi connectivity index (χ0) is 15.5. The Balaban J connectivity index is 1.79. The zero-order valence-corrected chi connectivity index (χ0v) is 12.3. The molecule has 0 radical (unpaired) electrons. The minimum Gasteiger partial charge on any atom is -0.336 e. The Morgan fingerprint density at radius 3 is 2.41 bits per heavy atom. The largest absolute Gasteiger partial charge is 0.336 e. The Morgan fingerprint density at radius 2 is 1.73 bits per heavy atom. The van der Waals surface area contributed by atoms with Gasteiger partial charge in [-0.25, -0.2) is 4.39 Å². The van der Waals surface area contributed by atoms with Gasteiger partial charge in [0.05, 0.1) is 0 Å². The number of nitrogens with zero attached hydrogens (tertiary/aromatic N) is 1. The predicted molar refractivity (Wildman–Crippen MR) is 84.1 cm³/mol. The van der Waals surface area contributed by atoms with Crippen molar-refractivity contribution in [2.24, 2.45) is 5.73 Å². The molecule has 0 aromatic heterocycles. The van der Waals surface area contributed by atoms with E-state index < -0.39 is 0 Å². The zero-order valence-electron chi connectivity index (χ0n) is 12.3. The second-order valence-corrected chi connectivity index (χ2v) is 5.82. The van der Waals surface area contributed by atoms with E-state index in [9.17, 15) is 9.18 Å². The van der Waals surface area contributed by atoms with Crippen molar-refractivity contribution in [3.63, 3.8) is 0 Å². The highest BCUT2D eigenvalue weighted by Gasteiger charge is 2.29. The summed E-state index contributed by atoms with van der Waals surface area (Å²) in [5, 5.41) is 0. The first-order chi connectivity index (χ1) is 10.6. The monoisotopic (exact) mass is 298 g/mol. The van der Waals surface area contributed by atoms with Crippen molar-refractivity contribution in [1.29, 1.82) is 0 Å². The van der Waals surface area contributed by atoms with Crippen molar-refractivity contribution in [3.05, 3.63) is 71.5 Å². The van der Waals surface area contributed by atoms with Crippen LogP contribution in [0.25, 0.3) is 0 Å². The lowest BCUT2D eigenvalue weighted by Crippen LogP contribution is -2.48. The highest BCUT2D eigenvalue weighted by atomic mass is 19.1. The van der Waals surface area contributed by atoms with E-state index in [1.165, 1.54) is 12.1 Å². The number of amides is 1. The molecule has 0 aliphatic carbocycles. The molecule has 0 saturated carbocycles. The van der Waals surface area contributed by atoms with Gasteiger partial charge in [0, 0.05) is 30.6 Å². The van der Waals surface area contributed by atoms with Gasteiger partial charge in [0.15, 0.2) is 0 Å². The highest BCUT2D eigenvalue weighted by molar-refractivity contribution is 5.94. The van der Waals surface area contributed by atoms with Gasteiger partial charge in [0.25, 0.3) is 5.91 Å². The van der Waals surface area contributed by atoms with E-state index in [1.54, 1.807) is 17.0 Å². The number of nitrogens with two attached hydrogens (primary N) is 1. The van der Waals surface area contributed by atoms with E-state index in [2.05, 4.69) is 0 Å². The Morgan fingerprint density at radius 1 is 1.05 bits per heavy atom. The number of carbonyl (C=O) groups excluding carboxylic acids is 1. The summed E-state index contributed by atoms with van der Waals surface area (Å²) in [5.74, 6) is -0.0963. The van der Waals surface area contributed by atoms with Gasteiger partial charge in [0.1, 0.15) is 5.82 Å². The van der Waals surface area contributed by atoms with Crippen LogP contribution in [0.1, 0.15) is 28.3 Å². The first-order valence-electron chi connectivity index (χ1n) is 7.49. The molecule has 0 bridgehead atoms. The molecule has 4 heteroatoms. The molecular weight excluding hydrogens is 279 g/mol. The van der Waals surface area contributed by atoms with Gasteiger partial charge < -0.3 is 10.6 Å². The molecule has 2 N–H and O–H groups in total. The molecule has 2 unspecified atom stereocenters. The first-order valence-corrected chi connectivity index (χ1v) is 7.49. The number of halogens is 1. The van der Waals surface area contributed by atoms with Crippen molar-refractivity contribution >= 4 is 5.91 Å². The minimum absolute atomic E-state index is 0.00265. The molecule has 1 amide bonds. The van der Waals surface area contributed by atoms with Crippen LogP contribution in [0.4, 0.5) is 4.39 Å². The average molecular weight is 298 g/mol. The molecule has 1 heterocycles. The van der Waals surface area contributed by atoms with Crippen LogP contribution in [0.5, 0.6) is 0 Å². The average Bonchev–Trinajstić information content (AvgIpc) is 2.55. The Kier molecular flexibility index (Phi) is 4.20. The minimum atomic E-state index is -0.249. The summed E-state index contributed by atoms with van der Waals surface area (Å²) in [6.07, 6.45) is 0.810. The van der Waals surface area contributed by atoms with Crippen molar-refractivity contribution in [3.8, 4) is 0 Å². The fraction of sp³-hybridized carbons (Fsp3) is 0.278. The second-order valence-electron chi connectivity index (χ2n) is 5.82. The third-order valence-electron chi connectivity index (χ3n) is 4.13. The van der Waals surface area contributed by atoms with E-state index >= 15 is 0 Å². The number of rotatable bonds is 2. The van der Waals surface area contributed by atoms with Gasteiger partial charge in [-0.2, -0.15) is 0 Å². The summed E-state index contributed by atoms with van der Waals surface area (Å²) in [5.41, 5.74) is 7.84. The maximum atomic E-state index is 13.1. The molecule has 2 aromatic carbocycles. The van der Waals surface area contributed by atoms with Crippen LogP contribution in [0.15, 0.2) is 54.6 Å². The van der Waals surface area contributed by atoms with Crippen LogP contribution in [0, 0.1) is 5.82 Å². The fourth-order valence-corrected chi connectivity index (χ4v) is 3.04. The first kappa shape index (κ1) is 14.7. The van der Waals surface area contributed by atoms with Crippen molar-refractivity contribution in [2.45, 2.75) is 18.4 Å². The highest BCUT2D eigenvalue weighted by Crippen LogP contribution is 2.27. The van der Waals surface area contributed by atoms with E-state index in [0.29, 0.717) is 18.7 Å². The van der Waals surface area contributed by atoms with Gasteiger partial charge in [-0.1, -0.05) is 30.3 Å². The normalized spacial score (nSPS) is 21.6. The lowest BCUT2D eigenvalue weighted by atomic mass is 9.88. The van der Waals surface area contributed by atoms with Crippen molar-refractivity contribution < 1.29 is 9.18 Å². The van der Waals surface area contributed by atoms with Crippen molar-refractivity contribution in [2.75, 3.05) is 13.1 Å². The molecule has 22 heavy (non-hydrogen) atoms. The third-order valence-corrected chi connectivity index (χ3v) is 4.13. The van der Waals surface area contributed by atoms with Gasteiger partial charge in [-0.15, -0.1) is 0 Å². The molecule has 0 spiro atoms. The second kappa shape index (κ2) is 6.28. The summed E-state index contributed by atoms with van der Waals surface area (Å²) >= 11 is 0. The summed E-state index contributed by atoms with van der Waals surface area (Å²) in [6.45, 7) is 1.18. The SMILES string of the molecule is NC1CC(c2ccc(F)cc2)CN(C(=O)c2ccccc2)C1. The van der Waals surface area contributed by atoms with Gasteiger partial charge in [0.2, 0.25) is 0 Å². The van der Waals surface area contributed by atoms with E-state index in [0.717, 1.165) is 12.0 Å². The molecule has 3 rings (SSSR count). The predicted octanol–water partition coefficient (Wildman–Crippen LogP) is 2.78. The Bertz CT molecular complexity index is 642. The number of hydrogen-bond donors (Lipinski definition) is 1. The van der Waals surface area contributed by atoms with Crippen LogP contribution in [0.2, 0.25) is 0 Å². The summed E-state index contributed by atoms with van der Waals surface area (Å²) in [4.78, 5) is 14.4. The van der Waals surface area contributed by atoms with E-state index in [-0.39, 0.29) is 23.7 Å². The smallest absolute Gasteiger partial charge is 0.253 e. The molecule has 3 nitrogen and oxygen atoms in total. The maximum absolute atomic E-state index is 13.1. The van der Waals surface area contributed by atoms with Gasteiger partial charge >= 0.3 is 0 Å². The Hall–Kier alpha value is -2.20. The molecule has 1 fully saturated rings. The lowest BCUT2D eigenvalue weighted by Gasteiger charge is -2.36. The summed E-state index contributed by atoms with van der Waals surface area (Å²) in [6, 6.07) is 15.6. The maximum Gasteiger partial charge on any atom is 0.253 e. The molecule has 1 aliphatic heterocycles. The van der Waals surface area contributed by atoms with Crippen LogP contribution in [-0.2, 0) is 0 Å². The number of likely N-dealkylation sites (tertiary alicyclic amines) is 1. The topological polar surface area (TPSA) is 46.3 Å². The van der Waals surface area contributed by atoms with E-state index in [1.807, 2.05) is 30.3 Å². The number of hydrogen-bond acceptors (Lipinski definition) is 2. The number of piperidine rings is 1. The quantitative estimate of drug-likeness (QED) is 0.926. The molecule has 114 valence electrons. The number of benzene rings is 2. The summed E-state index contributed by atoms with van der Waals surface area (Å²) < 4.78 is 13.1.